The zero-order valence-corrected chi connectivity index (χ0v) is 15.4. The molecule has 0 spiro atoms. The summed E-state index contributed by atoms with van der Waals surface area (Å²) in [6.07, 6.45) is 1.78. The molecule has 2 aromatic carbocycles. The Morgan fingerprint density at radius 1 is 0.875 bits per heavy atom. The predicted octanol–water partition coefficient (Wildman–Crippen LogP) is 5.55. The lowest BCUT2D eigenvalue weighted by atomic mass is 10.2. The number of para-hydroxylation sites is 2. The number of hydrogen-bond acceptors (Lipinski definition) is 4. The Hall–Kier alpha value is -1.16. The molecule has 0 N–H and O–H groups in total. The number of nitrogens with zero attached hydrogens (tertiary/aromatic N) is 1. The van der Waals surface area contributed by atoms with Crippen LogP contribution >= 0.6 is 31.8 Å². The molecule has 7 heteroatoms. The normalized spacial score (nSPS) is 11.3. The monoisotopic (exact) mass is 385 g/mol. The fourth-order valence-electron chi connectivity index (χ4n) is 1.71. The molecule has 0 radical (unpaired) electrons. The number of rotatable bonds is 10. The molecule has 0 aliphatic carbocycles. The molecule has 0 saturated heterocycles. The third kappa shape index (κ3) is 6.76. The van der Waals surface area contributed by atoms with E-state index in [9.17, 15) is 0 Å². The highest BCUT2D eigenvalue weighted by Gasteiger charge is 2.16. The first kappa shape index (κ1) is 19.2. The molecule has 0 aromatic heterocycles. The van der Waals surface area contributed by atoms with Gasteiger partial charge < -0.3 is 13.6 Å². The summed E-state index contributed by atoms with van der Waals surface area (Å²) in [5.74, 6) is 1.31. The zero-order chi connectivity index (χ0) is 17.0. The Balaban J connectivity index is 2.09. The molecule has 0 aliphatic rings. The summed E-state index contributed by atoms with van der Waals surface area (Å²) in [4.78, 5) is 4.49. The molecular formula is C17H18Cl2NO3P. The van der Waals surface area contributed by atoms with Gasteiger partial charge in [-0.2, -0.15) is 0 Å². The largest absolute Gasteiger partial charge is 0.424 e. The maximum Gasteiger partial charge on any atom is 0.397 e. The van der Waals surface area contributed by atoms with Crippen molar-refractivity contribution in [2.24, 2.45) is 4.99 Å². The van der Waals surface area contributed by atoms with E-state index >= 15 is 0 Å². The molecule has 0 aliphatic heterocycles. The number of aliphatic imine (C=N–C) groups is 1. The van der Waals surface area contributed by atoms with Crippen molar-refractivity contribution in [1.82, 2.24) is 0 Å². The van der Waals surface area contributed by atoms with Crippen molar-refractivity contribution in [2.45, 2.75) is 0 Å². The molecule has 0 unspecified atom stereocenters. The average Bonchev–Trinajstić information content (AvgIpc) is 2.64. The SMILES string of the molecule is ClCCOP(OCCCl)Oc1ccccc1N=Cc1ccccc1. The van der Waals surface area contributed by atoms with Crippen molar-refractivity contribution in [2.75, 3.05) is 25.0 Å². The van der Waals surface area contributed by atoms with Gasteiger partial charge in [0, 0.05) is 18.0 Å². The topological polar surface area (TPSA) is 40.0 Å². The van der Waals surface area contributed by atoms with Crippen LogP contribution in [0.5, 0.6) is 5.75 Å². The van der Waals surface area contributed by atoms with E-state index in [2.05, 4.69) is 4.99 Å². The molecule has 0 saturated carbocycles. The van der Waals surface area contributed by atoms with Crippen LogP contribution in [0.15, 0.2) is 59.6 Å². The first-order valence-corrected chi connectivity index (χ1v) is 9.54. The summed E-state index contributed by atoms with van der Waals surface area (Å²) < 4.78 is 16.8. The highest BCUT2D eigenvalue weighted by molar-refractivity contribution is 7.42. The summed E-state index contributed by atoms with van der Waals surface area (Å²) in [7, 11) is -1.57. The molecule has 2 aromatic rings. The Morgan fingerprint density at radius 3 is 2.17 bits per heavy atom. The highest BCUT2D eigenvalue weighted by atomic mass is 35.5. The lowest BCUT2D eigenvalue weighted by molar-refractivity contribution is 0.223. The third-order valence-corrected chi connectivity index (χ3v) is 4.18. The Morgan fingerprint density at radius 2 is 1.50 bits per heavy atom. The fourth-order valence-corrected chi connectivity index (χ4v) is 3.06. The van der Waals surface area contributed by atoms with Crippen LogP contribution in [0.4, 0.5) is 5.69 Å². The van der Waals surface area contributed by atoms with Gasteiger partial charge in [0.1, 0.15) is 5.69 Å². The van der Waals surface area contributed by atoms with Crippen molar-refractivity contribution in [3.8, 4) is 5.75 Å². The van der Waals surface area contributed by atoms with Crippen molar-refractivity contribution >= 4 is 43.7 Å². The summed E-state index contributed by atoms with van der Waals surface area (Å²) in [6.45, 7) is 0.677. The predicted molar refractivity (Wildman–Crippen MR) is 101 cm³/mol. The van der Waals surface area contributed by atoms with Crippen LogP contribution in [-0.4, -0.2) is 31.2 Å². The van der Waals surface area contributed by atoms with Crippen LogP contribution in [0.1, 0.15) is 5.56 Å². The Kier molecular flexibility index (Phi) is 9.11. The average molecular weight is 386 g/mol. The molecule has 128 valence electrons. The van der Waals surface area contributed by atoms with Crippen molar-refractivity contribution in [3.63, 3.8) is 0 Å². The van der Waals surface area contributed by atoms with E-state index in [0.717, 1.165) is 5.56 Å². The van der Waals surface area contributed by atoms with Crippen molar-refractivity contribution in [1.29, 1.82) is 0 Å². The van der Waals surface area contributed by atoms with E-state index in [0.29, 0.717) is 36.4 Å². The highest BCUT2D eigenvalue weighted by Crippen LogP contribution is 2.43. The van der Waals surface area contributed by atoms with E-state index in [4.69, 9.17) is 36.8 Å². The lowest BCUT2D eigenvalue weighted by Gasteiger charge is -2.17. The maximum atomic E-state index is 5.83. The Bertz CT molecular complexity index is 620. The van der Waals surface area contributed by atoms with E-state index in [1.165, 1.54) is 0 Å². The van der Waals surface area contributed by atoms with Gasteiger partial charge in [0.2, 0.25) is 0 Å². The van der Waals surface area contributed by atoms with Gasteiger partial charge >= 0.3 is 8.60 Å². The standard InChI is InChI=1S/C17H18Cl2NO3P/c18-10-12-21-24(22-13-11-19)23-17-9-5-4-8-16(17)20-14-15-6-2-1-3-7-15/h1-9,14H,10-13H2. The van der Waals surface area contributed by atoms with Gasteiger partial charge in [-0.15, -0.1) is 23.2 Å². The van der Waals surface area contributed by atoms with Crippen molar-refractivity contribution < 1.29 is 13.6 Å². The molecule has 4 nitrogen and oxygen atoms in total. The number of benzene rings is 2. The van der Waals surface area contributed by atoms with Crippen LogP contribution in [-0.2, 0) is 9.05 Å². The fraction of sp³-hybridized carbons (Fsp3) is 0.235. The van der Waals surface area contributed by atoms with E-state index in [-0.39, 0.29) is 0 Å². The quantitative estimate of drug-likeness (QED) is 0.305. The maximum absolute atomic E-state index is 5.83. The lowest BCUT2D eigenvalue weighted by Crippen LogP contribution is -2.02. The smallest absolute Gasteiger partial charge is 0.397 e. The summed E-state index contributed by atoms with van der Waals surface area (Å²) in [5.41, 5.74) is 1.70. The van der Waals surface area contributed by atoms with Gasteiger partial charge in [0.05, 0.1) is 13.2 Å². The molecule has 24 heavy (non-hydrogen) atoms. The van der Waals surface area contributed by atoms with Gasteiger partial charge in [-0.25, -0.2) is 0 Å². The van der Waals surface area contributed by atoms with Crippen LogP contribution in [0, 0.1) is 0 Å². The van der Waals surface area contributed by atoms with E-state index in [1.807, 2.05) is 54.6 Å². The second-order valence-electron chi connectivity index (χ2n) is 4.50. The number of halogens is 2. The van der Waals surface area contributed by atoms with Crippen LogP contribution in [0.2, 0.25) is 0 Å². The molecular weight excluding hydrogens is 368 g/mol. The zero-order valence-electron chi connectivity index (χ0n) is 13.0. The molecule has 2 rings (SSSR count). The summed E-state index contributed by atoms with van der Waals surface area (Å²) >= 11 is 11.3. The minimum atomic E-state index is -1.57. The van der Waals surface area contributed by atoms with Gasteiger partial charge in [-0.3, -0.25) is 4.99 Å². The van der Waals surface area contributed by atoms with Crippen LogP contribution < -0.4 is 4.52 Å². The molecule has 0 heterocycles. The van der Waals surface area contributed by atoms with Crippen LogP contribution in [0.25, 0.3) is 0 Å². The van der Waals surface area contributed by atoms with Gasteiger partial charge in [-0.1, -0.05) is 42.5 Å². The second kappa shape index (κ2) is 11.4. The van der Waals surface area contributed by atoms with Crippen LogP contribution in [0.3, 0.4) is 0 Å². The number of hydrogen-bond donors (Lipinski definition) is 0. The minimum Gasteiger partial charge on any atom is -0.424 e. The number of alkyl halides is 2. The second-order valence-corrected chi connectivity index (χ2v) is 6.40. The van der Waals surface area contributed by atoms with E-state index < -0.39 is 8.60 Å². The van der Waals surface area contributed by atoms with E-state index in [1.54, 1.807) is 6.21 Å². The first-order chi connectivity index (χ1) is 11.8. The minimum absolute atomic E-state index is 0.338. The van der Waals surface area contributed by atoms with Crippen molar-refractivity contribution in [3.05, 3.63) is 60.2 Å². The van der Waals surface area contributed by atoms with Gasteiger partial charge in [0.25, 0.3) is 0 Å². The summed E-state index contributed by atoms with van der Waals surface area (Å²) in [5, 5.41) is 0. The molecule has 0 amide bonds. The Labute approximate surface area is 153 Å². The summed E-state index contributed by atoms with van der Waals surface area (Å²) in [6, 6.07) is 17.3. The molecule has 0 bridgehead atoms. The first-order valence-electron chi connectivity index (χ1n) is 7.37. The van der Waals surface area contributed by atoms with Gasteiger partial charge in [0.15, 0.2) is 5.75 Å². The molecule has 0 atom stereocenters. The third-order valence-electron chi connectivity index (χ3n) is 2.74. The van der Waals surface area contributed by atoms with Gasteiger partial charge in [-0.05, 0) is 17.7 Å². The molecule has 0 fully saturated rings.